The molecular weight excluding hydrogens is 384 g/mol. The Bertz CT molecular complexity index is 1010. The molecular formula is C22H24N4O2S. The second-order valence-corrected chi connectivity index (χ2v) is 8.77. The van der Waals surface area contributed by atoms with Gasteiger partial charge in [0.15, 0.2) is 0 Å². The molecule has 0 spiro atoms. The van der Waals surface area contributed by atoms with Gasteiger partial charge in [0.05, 0.1) is 12.6 Å². The third kappa shape index (κ3) is 4.98. The van der Waals surface area contributed by atoms with Gasteiger partial charge in [-0.3, -0.25) is 4.79 Å². The third-order valence-corrected chi connectivity index (χ3v) is 5.83. The fraction of sp³-hybridized carbons (Fsp3) is 0.364. The lowest BCUT2D eigenvalue weighted by Gasteiger charge is -2.15. The summed E-state index contributed by atoms with van der Waals surface area (Å²) < 4.78 is 5.97. The monoisotopic (exact) mass is 408 g/mol. The summed E-state index contributed by atoms with van der Waals surface area (Å²) in [7, 11) is 0. The number of aryl methyl sites for hydroxylation is 2. The van der Waals surface area contributed by atoms with Crippen LogP contribution in [0.2, 0.25) is 0 Å². The Morgan fingerprint density at radius 2 is 1.93 bits per heavy atom. The van der Waals surface area contributed by atoms with Gasteiger partial charge in [-0.05, 0) is 57.7 Å². The molecule has 1 aliphatic rings. The number of rotatable bonds is 7. The van der Waals surface area contributed by atoms with E-state index >= 15 is 0 Å². The number of hydrogen-bond acceptors (Lipinski definition) is 6. The molecule has 0 saturated heterocycles. The molecule has 0 radical (unpaired) electrons. The highest BCUT2D eigenvalue weighted by molar-refractivity contribution is 7.14. The van der Waals surface area contributed by atoms with E-state index < -0.39 is 0 Å². The minimum atomic E-state index is -0.204. The Morgan fingerprint density at radius 3 is 2.59 bits per heavy atom. The minimum absolute atomic E-state index is 0.163. The van der Waals surface area contributed by atoms with Crippen molar-refractivity contribution in [2.24, 2.45) is 5.92 Å². The molecule has 1 aliphatic carbocycles. The number of carbonyl (C=O) groups is 1. The van der Waals surface area contributed by atoms with Crippen LogP contribution >= 0.6 is 11.3 Å². The summed E-state index contributed by atoms with van der Waals surface area (Å²) in [6.07, 6.45) is 7.76. The number of amides is 1. The van der Waals surface area contributed by atoms with E-state index in [0.717, 1.165) is 21.0 Å². The van der Waals surface area contributed by atoms with Crippen LogP contribution in [0.15, 0.2) is 36.8 Å². The molecule has 1 N–H and O–H groups in total. The molecule has 7 heteroatoms. The molecule has 1 atom stereocenters. The van der Waals surface area contributed by atoms with Gasteiger partial charge in [0.1, 0.15) is 16.6 Å². The first-order valence-electron chi connectivity index (χ1n) is 9.78. The maximum absolute atomic E-state index is 13.0. The topological polar surface area (TPSA) is 77.0 Å². The summed E-state index contributed by atoms with van der Waals surface area (Å²) in [4.78, 5) is 27.0. The summed E-state index contributed by atoms with van der Waals surface area (Å²) in [5, 5.41) is 3.91. The molecule has 1 unspecified atom stereocenters. The lowest BCUT2D eigenvalue weighted by atomic mass is 10.1. The highest BCUT2D eigenvalue weighted by Gasteiger charge is 2.22. The van der Waals surface area contributed by atoms with Gasteiger partial charge in [0.2, 0.25) is 0 Å². The van der Waals surface area contributed by atoms with E-state index in [2.05, 4.69) is 20.3 Å². The van der Waals surface area contributed by atoms with E-state index in [1.807, 2.05) is 39.1 Å². The Kier molecular flexibility index (Phi) is 5.58. The van der Waals surface area contributed by atoms with Crippen molar-refractivity contribution < 1.29 is 9.53 Å². The van der Waals surface area contributed by atoms with Crippen LogP contribution in [0.3, 0.4) is 0 Å². The molecule has 150 valence electrons. The van der Waals surface area contributed by atoms with Crippen LogP contribution in [0.5, 0.6) is 5.75 Å². The fourth-order valence-corrected chi connectivity index (χ4v) is 3.66. The van der Waals surface area contributed by atoms with Crippen LogP contribution in [-0.2, 0) is 0 Å². The van der Waals surface area contributed by atoms with Crippen LogP contribution in [0.25, 0.3) is 10.6 Å². The van der Waals surface area contributed by atoms with Gasteiger partial charge in [-0.1, -0.05) is 0 Å². The van der Waals surface area contributed by atoms with Gasteiger partial charge in [-0.2, -0.15) is 0 Å². The zero-order valence-corrected chi connectivity index (χ0v) is 17.6. The summed E-state index contributed by atoms with van der Waals surface area (Å²) >= 11 is 1.60. The minimum Gasteiger partial charge on any atom is -0.493 e. The molecule has 6 nitrogen and oxygen atoms in total. The van der Waals surface area contributed by atoms with Gasteiger partial charge >= 0.3 is 0 Å². The molecule has 1 aromatic carbocycles. The SMILES string of the molecule is Cc1ncc(C(C)NC(=O)c2cc(OCC3CC3)cc(-c3ncc(C)s3)c2)cn1. The Balaban J connectivity index is 1.57. The van der Waals surface area contributed by atoms with Crippen LogP contribution in [-0.4, -0.2) is 27.5 Å². The average molecular weight is 409 g/mol. The molecule has 1 saturated carbocycles. The van der Waals surface area contributed by atoms with E-state index in [9.17, 15) is 4.79 Å². The Hall–Kier alpha value is -2.80. The highest BCUT2D eigenvalue weighted by atomic mass is 32.1. The molecule has 0 aliphatic heterocycles. The zero-order chi connectivity index (χ0) is 20.4. The van der Waals surface area contributed by atoms with Crippen LogP contribution in [0, 0.1) is 19.8 Å². The lowest BCUT2D eigenvalue weighted by molar-refractivity contribution is 0.0939. The van der Waals surface area contributed by atoms with Gasteiger partial charge in [-0.25, -0.2) is 15.0 Å². The smallest absolute Gasteiger partial charge is 0.251 e. The first-order valence-corrected chi connectivity index (χ1v) is 10.6. The zero-order valence-electron chi connectivity index (χ0n) is 16.8. The molecule has 0 bridgehead atoms. The number of carbonyl (C=O) groups excluding carboxylic acids is 1. The van der Waals surface area contributed by atoms with Crippen LogP contribution < -0.4 is 10.1 Å². The molecule has 1 amide bonds. The number of hydrogen-bond donors (Lipinski definition) is 1. The maximum Gasteiger partial charge on any atom is 0.251 e. The normalized spacial score (nSPS) is 14.4. The summed E-state index contributed by atoms with van der Waals surface area (Å²) in [6, 6.07) is 5.44. The number of thiazole rings is 1. The summed E-state index contributed by atoms with van der Waals surface area (Å²) in [6.45, 7) is 6.47. The maximum atomic E-state index is 13.0. The number of nitrogens with one attached hydrogen (secondary N) is 1. The van der Waals surface area contributed by atoms with E-state index in [-0.39, 0.29) is 11.9 Å². The van der Waals surface area contributed by atoms with Gasteiger partial charge in [0.25, 0.3) is 5.91 Å². The van der Waals surface area contributed by atoms with Crippen molar-refractivity contribution in [3.63, 3.8) is 0 Å². The highest BCUT2D eigenvalue weighted by Crippen LogP contribution is 2.32. The van der Waals surface area contributed by atoms with E-state index in [0.29, 0.717) is 29.7 Å². The van der Waals surface area contributed by atoms with Gasteiger partial charge in [-0.15, -0.1) is 11.3 Å². The molecule has 4 rings (SSSR count). The molecule has 29 heavy (non-hydrogen) atoms. The van der Waals surface area contributed by atoms with Gasteiger partial charge < -0.3 is 10.1 Å². The van der Waals surface area contributed by atoms with E-state index in [4.69, 9.17) is 4.74 Å². The summed E-state index contributed by atoms with van der Waals surface area (Å²) in [5.74, 6) is 1.89. The first kappa shape index (κ1) is 19.5. The predicted molar refractivity (Wildman–Crippen MR) is 113 cm³/mol. The standard InChI is InChI=1S/C22H24N4O2S/c1-13-9-25-22(29-13)18-6-17(7-20(8-18)28-12-16-4-5-16)21(27)26-14(2)19-10-23-15(3)24-11-19/h6-11,14,16H,4-5,12H2,1-3H3,(H,26,27). The average Bonchev–Trinajstić information content (AvgIpc) is 3.45. The fourth-order valence-electron chi connectivity index (χ4n) is 2.91. The predicted octanol–water partition coefficient (Wildman–Crippen LogP) is 4.50. The van der Waals surface area contributed by atoms with Crippen LogP contribution in [0.4, 0.5) is 0 Å². The van der Waals surface area contributed by atoms with Crippen molar-refractivity contribution in [2.75, 3.05) is 6.61 Å². The molecule has 2 heterocycles. The molecule has 2 aromatic heterocycles. The van der Waals surface area contributed by atoms with E-state index in [1.54, 1.807) is 29.8 Å². The van der Waals surface area contributed by atoms with Crippen molar-refractivity contribution in [2.45, 2.75) is 39.7 Å². The van der Waals surface area contributed by atoms with Crippen molar-refractivity contribution in [1.29, 1.82) is 0 Å². The first-order chi connectivity index (χ1) is 14.0. The number of benzene rings is 1. The van der Waals surface area contributed by atoms with Crippen molar-refractivity contribution in [3.05, 3.63) is 58.6 Å². The van der Waals surface area contributed by atoms with Crippen molar-refractivity contribution in [3.8, 4) is 16.3 Å². The van der Waals surface area contributed by atoms with Gasteiger partial charge in [0, 0.05) is 40.2 Å². The van der Waals surface area contributed by atoms with E-state index in [1.165, 1.54) is 12.8 Å². The Labute approximate surface area is 174 Å². The second-order valence-electron chi connectivity index (χ2n) is 7.54. The number of ether oxygens (including phenoxy) is 1. The lowest BCUT2D eigenvalue weighted by Crippen LogP contribution is -2.27. The van der Waals surface area contributed by atoms with Crippen molar-refractivity contribution >= 4 is 17.2 Å². The molecule has 1 fully saturated rings. The quantitative estimate of drug-likeness (QED) is 0.623. The Morgan fingerprint density at radius 1 is 1.17 bits per heavy atom. The van der Waals surface area contributed by atoms with Crippen molar-refractivity contribution in [1.82, 2.24) is 20.3 Å². The molecule has 3 aromatic rings. The number of nitrogens with zero attached hydrogens (tertiary/aromatic N) is 3. The largest absolute Gasteiger partial charge is 0.493 e. The van der Waals surface area contributed by atoms with Crippen LogP contribution in [0.1, 0.15) is 52.4 Å². The summed E-state index contributed by atoms with van der Waals surface area (Å²) in [5.41, 5.74) is 2.31. The third-order valence-electron chi connectivity index (χ3n) is 4.87. The number of aromatic nitrogens is 3. The second kappa shape index (κ2) is 8.29.